The number of hydrogen-bond donors (Lipinski definition) is 1. The average molecular weight is 304 g/mol. The van der Waals surface area contributed by atoms with Gasteiger partial charge in [0.05, 0.1) is 22.4 Å². The summed E-state index contributed by atoms with van der Waals surface area (Å²) in [7, 11) is 0. The lowest BCUT2D eigenvalue weighted by Gasteiger charge is -2.46. The molecule has 1 saturated heterocycles. The summed E-state index contributed by atoms with van der Waals surface area (Å²) in [4.78, 5) is 7.12. The molecule has 0 saturated carbocycles. The van der Waals surface area contributed by atoms with Crippen molar-refractivity contribution >= 4 is 21.6 Å². The SMILES string of the molecule is CC(C)(C)C1(O)CCN(Cc2nc3ccccc3s2)CC1. The molecule has 0 aliphatic carbocycles. The van der Waals surface area contributed by atoms with E-state index in [9.17, 15) is 5.11 Å². The Morgan fingerprint density at radius 3 is 2.52 bits per heavy atom. The van der Waals surface area contributed by atoms with Crippen LogP contribution in [0.1, 0.15) is 38.6 Å². The van der Waals surface area contributed by atoms with Gasteiger partial charge in [-0.25, -0.2) is 4.98 Å². The number of aromatic nitrogens is 1. The average Bonchev–Trinajstić information content (AvgIpc) is 2.82. The van der Waals surface area contributed by atoms with Gasteiger partial charge in [-0.3, -0.25) is 4.90 Å². The molecule has 1 aromatic carbocycles. The van der Waals surface area contributed by atoms with Gasteiger partial charge >= 0.3 is 0 Å². The molecule has 0 bridgehead atoms. The van der Waals surface area contributed by atoms with Crippen LogP contribution in [0.15, 0.2) is 24.3 Å². The van der Waals surface area contributed by atoms with Crippen LogP contribution in [0.5, 0.6) is 0 Å². The first-order chi connectivity index (χ1) is 9.87. The van der Waals surface area contributed by atoms with Crippen molar-refractivity contribution in [1.29, 1.82) is 0 Å². The lowest BCUT2D eigenvalue weighted by Crippen LogP contribution is -2.51. The summed E-state index contributed by atoms with van der Waals surface area (Å²) in [5.41, 5.74) is 0.521. The zero-order valence-corrected chi connectivity index (χ0v) is 13.9. The third kappa shape index (κ3) is 2.98. The van der Waals surface area contributed by atoms with E-state index in [0.717, 1.165) is 38.0 Å². The molecule has 0 unspecified atom stereocenters. The van der Waals surface area contributed by atoms with Crippen LogP contribution in [-0.2, 0) is 6.54 Å². The summed E-state index contributed by atoms with van der Waals surface area (Å²) >= 11 is 1.78. The highest BCUT2D eigenvalue weighted by molar-refractivity contribution is 7.18. The van der Waals surface area contributed by atoms with E-state index >= 15 is 0 Å². The van der Waals surface area contributed by atoms with Crippen molar-refractivity contribution < 1.29 is 5.11 Å². The van der Waals surface area contributed by atoms with Gasteiger partial charge in [-0.2, -0.15) is 0 Å². The fourth-order valence-electron chi connectivity index (χ4n) is 3.01. The molecule has 1 fully saturated rings. The largest absolute Gasteiger partial charge is 0.389 e. The number of fused-ring (bicyclic) bond motifs is 1. The maximum atomic E-state index is 10.8. The molecule has 0 radical (unpaired) electrons. The Bertz CT molecular complexity index is 588. The number of nitrogens with zero attached hydrogens (tertiary/aromatic N) is 2. The van der Waals surface area contributed by atoms with Crippen molar-refractivity contribution in [3.8, 4) is 0 Å². The summed E-state index contributed by atoms with van der Waals surface area (Å²) < 4.78 is 1.26. The fourth-order valence-corrected chi connectivity index (χ4v) is 4.02. The molecule has 3 nitrogen and oxygen atoms in total. The Labute approximate surface area is 130 Å². The summed E-state index contributed by atoms with van der Waals surface area (Å²) in [6.07, 6.45) is 1.70. The van der Waals surface area contributed by atoms with Gasteiger partial charge in [0.1, 0.15) is 5.01 Å². The lowest BCUT2D eigenvalue weighted by molar-refractivity contribution is -0.0999. The number of thiazole rings is 1. The molecule has 0 spiro atoms. The standard InChI is InChI=1S/C17H24N2OS/c1-16(2,3)17(20)8-10-19(11-9-17)12-15-18-13-6-4-5-7-14(13)21-15/h4-7,20H,8-12H2,1-3H3. The van der Waals surface area contributed by atoms with Crippen LogP contribution >= 0.6 is 11.3 Å². The quantitative estimate of drug-likeness (QED) is 0.919. The predicted molar refractivity (Wildman–Crippen MR) is 88.5 cm³/mol. The second-order valence-electron chi connectivity index (χ2n) is 7.13. The van der Waals surface area contributed by atoms with Crippen LogP contribution in [0.2, 0.25) is 0 Å². The summed E-state index contributed by atoms with van der Waals surface area (Å²) in [5.74, 6) is 0. The smallest absolute Gasteiger partial charge is 0.108 e. The summed E-state index contributed by atoms with van der Waals surface area (Å²) in [6, 6.07) is 8.31. The minimum Gasteiger partial charge on any atom is -0.389 e. The molecule has 0 amide bonds. The number of aliphatic hydroxyl groups is 1. The normalized spacial score (nSPS) is 20.0. The molecule has 1 N–H and O–H groups in total. The van der Waals surface area contributed by atoms with Crippen LogP contribution in [0.25, 0.3) is 10.2 Å². The molecule has 0 atom stereocenters. The zero-order valence-electron chi connectivity index (χ0n) is 13.1. The molecule has 21 heavy (non-hydrogen) atoms. The van der Waals surface area contributed by atoms with Crippen LogP contribution in [-0.4, -0.2) is 33.7 Å². The number of rotatable bonds is 2. The van der Waals surface area contributed by atoms with E-state index in [4.69, 9.17) is 4.98 Å². The Morgan fingerprint density at radius 1 is 1.24 bits per heavy atom. The third-order valence-electron chi connectivity index (χ3n) is 4.78. The Kier molecular flexibility index (Phi) is 3.80. The Hall–Kier alpha value is -0.970. The van der Waals surface area contributed by atoms with Crippen molar-refractivity contribution in [2.75, 3.05) is 13.1 Å². The van der Waals surface area contributed by atoms with Gasteiger partial charge in [-0.05, 0) is 30.4 Å². The number of piperidine rings is 1. The van der Waals surface area contributed by atoms with Crippen molar-refractivity contribution in [3.63, 3.8) is 0 Å². The molecule has 1 aliphatic rings. The number of likely N-dealkylation sites (tertiary alicyclic amines) is 1. The lowest BCUT2D eigenvalue weighted by atomic mass is 9.71. The first kappa shape index (κ1) is 14.9. The third-order valence-corrected chi connectivity index (χ3v) is 5.80. The van der Waals surface area contributed by atoms with Gasteiger partial charge in [0.25, 0.3) is 0 Å². The molecule has 4 heteroatoms. The highest BCUT2D eigenvalue weighted by atomic mass is 32.1. The fraction of sp³-hybridized carbons (Fsp3) is 0.588. The van der Waals surface area contributed by atoms with E-state index in [2.05, 4.69) is 43.9 Å². The topological polar surface area (TPSA) is 36.4 Å². The van der Waals surface area contributed by atoms with Crippen molar-refractivity contribution in [1.82, 2.24) is 9.88 Å². The van der Waals surface area contributed by atoms with E-state index in [1.807, 2.05) is 6.07 Å². The maximum Gasteiger partial charge on any atom is 0.108 e. The van der Waals surface area contributed by atoms with Crippen LogP contribution in [0.3, 0.4) is 0 Å². The monoisotopic (exact) mass is 304 g/mol. The molecular formula is C17H24N2OS. The van der Waals surface area contributed by atoms with Crippen molar-refractivity contribution in [2.24, 2.45) is 5.41 Å². The molecule has 2 heterocycles. The van der Waals surface area contributed by atoms with Gasteiger partial charge in [0, 0.05) is 13.1 Å². The van der Waals surface area contributed by atoms with Gasteiger partial charge in [-0.15, -0.1) is 11.3 Å². The van der Waals surface area contributed by atoms with Gasteiger partial charge in [0.15, 0.2) is 0 Å². The van der Waals surface area contributed by atoms with E-state index in [-0.39, 0.29) is 5.41 Å². The van der Waals surface area contributed by atoms with Gasteiger partial charge < -0.3 is 5.11 Å². The minimum atomic E-state index is -0.531. The number of benzene rings is 1. The van der Waals surface area contributed by atoms with E-state index in [0.29, 0.717) is 0 Å². The Balaban J connectivity index is 1.65. The number of para-hydroxylation sites is 1. The highest BCUT2D eigenvalue weighted by Crippen LogP contribution is 2.39. The molecule has 3 rings (SSSR count). The van der Waals surface area contributed by atoms with E-state index in [1.165, 1.54) is 9.71 Å². The van der Waals surface area contributed by atoms with Crippen molar-refractivity contribution in [3.05, 3.63) is 29.3 Å². The Morgan fingerprint density at radius 2 is 1.90 bits per heavy atom. The molecule has 2 aromatic rings. The van der Waals surface area contributed by atoms with Crippen molar-refractivity contribution in [2.45, 2.75) is 45.8 Å². The first-order valence-electron chi connectivity index (χ1n) is 7.67. The zero-order chi connectivity index (χ0) is 15.1. The predicted octanol–water partition coefficient (Wildman–Crippen LogP) is 3.67. The van der Waals surface area contributed by atoms with Gasteiger partial charge in [-0.1, -0.05) is 32.9 Å². The maximum absolute atomic E-state index is 10.8. The van der Waals surface area contributed by atoms with Crippen LogP contribution < -0.4 is 0 Å². The molecule has 1 aliphatic heterocycles. The second kappa shape index (κ2) is 5.34. The second-order valence-corrected chi connectivity index (χ2v) is 8.25. The van der Waals surface area contributed by atoms with E-state index < -0.39 is 5.60 Å². The minimum absolute atomic E-state index is 0.0467. The van der Waals surface area contributed by atoms with Crippen LogP contribution in [0.4, 0.5) is 0 Å². The van der Waals surface area contributed by atoms with E-state index in [1.54, 1.807) is 11.3 Å². The van der Waals surface area contributed by atoms with Crippen LogP contribution in [0, 0.1) is 5.41 Å². The first-order valence-corrected chi connectivity index (χ1v) is 8.48. The molecule has 114 valence electrons. The molecule has 1 aromatic heterocycles. The summed E-state index contributed by atoms with van der Waals surface area (Å²) in [6.45, 7) is 9.20. The summed E-state index contributed by atoms with van der Waals surface area (Å²) in [5, 5.41) is 11.9. The van der Waals surface area contributed by atoms with Gasteiger partial charge in [0.2, 0.25) is 0 Å². The highest BCUT2D eigenvalue weighted by Gasteiger charge is 2.42. The number of hydrogen-bond acceptors (Lipinski definition) is 4. The molecular weight excluding hydrogens is 280 g/mol.